The van der Waals surface area contributed by atoms with Crippen LogP contribution in [0.3, 0.4) is 0 Å². The summed E-state index contributed by atoms with van der Waals surface area (Å²) in [6, 6.07) is 0. The second-order valence-corrected chi connectivity index (χ2v) is 4.60. The number of rotatable bonds is 6. The molecule has 3 nitrogen and oxygen atoms in total. The van der Waals surface area contributed by atoms with Crippen molar-refractivity contribution in [1.82, 2.24) is 15.1 Å². The average Bonchev–Trinajstić information content (AvgIpc) is 2.51. The Morgan fingerprint density at radius 2 is 2.00 bits per heavy atom. The van der Waals surface area contributed by atoms with E-state index in [1.165, 1.54) is 17.0 Å². The maximum Gasteiger partial charge on any atom is 0.0628 e. The van der Waals surface area contributed by atoms with Crippen LogP contribution < -0.4 is 5.32 Å². The summed E-state index contributed by atoms with van der Waals surface area (Å²) in [6.45, 7) is 14.0. The van der Waals surface area contributed by atoms with Crippen molar-refractivity contribution in [3.05, 3.63) is 17.0 Å². The van der Waals surface area contributed by atoms with Crippen molar-refractivity contribution < 1.29 is 0 Å². The lowest BCUT2D eigenvalue weighted by Crippen LogP contribution is -2.24. The van der Waals surface area contributed by atoms with Gasteiger partial charge in [-0.3, -0.25) is 4.68 Å². The Balaban J connectivity index is 2.66. The molecule has 1 aromatic heterocycles. The van der Waals surface area contributed by atoms with Gasteiger partial charge in [-0.25, -0.2) is 0 Å². The van der Waals surface area contributed by atoms with Gasteiger partial charge in [0.25, 0.3) is 0 Å². The number of aryl methyl sites for hydroxylation is 1. The zero-order valence-corrected chi connectivity index (χ0v) is 11.3. The first-order chi connectivity index (χ1) is 7.60. The summed E-state index contributed by atoms with van der Waals surface area (Å²) in [5.74, 6) is 0.627. The maximum absolute atomic E-state index is 4.62. The topological polar surface area (TPSA) is 29.9 Å². The normalized spacial score (nSPS) is 13.1. The maximum atomic E-state index is 4.62. The predicted molar refractivity (Wildman–Crippen MR) is 68.8 cm³/mol. The minimum atomic E-state index is 0.627. The molecule has 0 saturated heterocycles. The molecule has 0 aromatic carbocycles. The molecule has 16 heavy (non-hydrogen) atoms. The van der Waals surface area contributed by atoms with E-state index in [4.69, 9.17) is 0 Å². The van der Waals surface area contributed by atoms with Crippen LogP contribution in [0.25, 0.3) is 0 Å². The van der Waals surface area contributed by atoms with Gasteiger partial charge in [-0.1, -0.05) is 20.8 Å². The smallest absolute Gasteiger partial charge is 0.0628 e. The molecule has 1 unspecified atom stereocenters. The highest BCUT2D eigenvalue weighted by atomic mass is 15.3. The molecule has 0 fully saturated rings. The van der Waals surface area contributed by atoms with Crippen LogP contribution in [0.5, 0.6) is 0 Å². The minimum Gasteiger partial charge on any atom is -0.317 e. The van der Waals surface area contributed by atoms with E-state index >= 15 is 0 Å². The standard InChI is InChI=1S/C13H25N3/c1-6-13-11(4)15-16(12(13)5)9-10(3)8-14-7-2/h10,14H,6-9H2,1-5H3. The summed E-state index contributed by atoms with van der Waals surface area (Å²) >= 11 is 0. The van der Waals surface area contributed by atoms with Crippen LogP contribution in [0.4, 0.5) is 0 Å². The first-order valence-electron chi connectivity index (χ1n) is 6.33. The molecule has 0 amide bonds. The Kier molecular flexibility index (Phi) is 5.00. The monoisotopic (exact) mass is 223 g/mol. The fourth-order valence-electron chi connectivity index (χ4n) is 2.17. The van der Waals surface area contributed by atoms with E-state index in [0.717, 1.165) is 26.1 Å². The first kappa shape index (κ1) is 13.2. The van der Waals surface area contributed by atoms with E-state index in [1.54, 1.807) is 0 Å². The Hall–Kier alpha value is -0.830. The molecule has 3 heteroatoms. The van der Waals surface area contributed by atoms with Crippen molar-refractivity contribution in [3.8, 4) is 0 Å². The summed E-state index contributed by atoms with van der Waals surface area (Å²) in [5.41, 5.74) is 3.94. The lowest BCUT2D eigenvalue weighted by molar-refractivity contribution is 0.420. The van der Waals surface area contributed by atoms with Gasteiger partial charge in [-0.15, -0.1) is 0 Å². The minimum absolute atomic E-state index is 0.627. The Bertz CT molecular complexity index is 328. The molecule has 0 aliphatic heterocycles. The summed E-state index contributed by atoms with van der Waals surface area (Å²) in [5, 5.41) is 8.00. The van der Waals surface area contributed by atoms with Gasteiger partial charge in [0.1, 0.15) is 0 Å². The van der Waals surface area contributed by atoms with Crippen LogP contribution in [0.1, 0.15) is 37.7 Å². The number of hydrogen-bond acceptors (Lipinski definition) is 2. The van der Waals surface area contributed by atoms with E-state index in [2.05, 4.69) is 49.7 Å². The zero-order chi connectivity index (χ0) is 12.1. The number of nitrogens with zero attached hydrogens (tertiary/aromatic N) is 2. The van der Waals surface area contributed by atoms with Crippen LogP contribution in [0.15, 0.2) is 0 Å². The molecule has 0 aliphatic carbocycles. The van der Waals surface area contributed by atoms with Crippen molar-refractivity contribution in [2.24, 2.45) is 5.92 Å². The van der Waals surface area contributed by atoms with Gasteiger partial charge in [-0.05, 0) is 44.8 Å². The van der Waals surface area contributed by atoms with Crippen LogP contribution in [-0.4, -0.2) is 22.9 Å². The Labute approximate surface area is 99.2 Å². The quantitative estimate of drug-likeness (QED) is 0.802. The molecule has 92 valence electrons. The molecule has 0 radical (unpaired) electrons. The number of nitrogens with one attached hydrogen (secondary N) is 1. The summed E-state index contributed by atoms with van der Waals surface area (Å²) in [4.78, 5) is 0. The molecule has 0 spiro atoms. The molecular weight excluding hydrogens is 198 g/mol. The third-order valence-corrected chi connectivity index (χ3v) is 3.11. The van der Waals surface area contributed by atoms with Crippen LogP contribution in [-0.2, 0) is 13.0 Å². The molecule has 0 bridgehead atoms. The van der Waals surface area contributed by atoms with Crippen molar-refractivity contribution >= 4 is 0 Å². The van der Waals surface area contributed by atoms with E-state index in [-0.39, 0.29) is 0 Å². The van der Waals surface area contributed by atoms with Gasteiger partial charge >= 0.3 is 0 Å². The van der Waals surface area contributed by atoms with Gasteiger partial charge in [-0.2, -0.15) is 5.10 Å². The van der Waals surface area contributed by atoms with E-state index < -0.39 is 0 Å². The van der Waals surface area contributed by atoms with Gasteiger partial charge in [0.05, 0.1) is 5.69 Å². The van der Waals surface area contributed by atoms with Crippen molar-refractivity contribution in [3.63, 3.8) is 0 Å². The van der Waals surface area contributed by atoms with Crippen LogP contribution in [0, 0.1) is 19.8 Å². The van der Waals surface area contributed by atoms with Gasteiger partial charge in [0.2, 0.25) is 0 Å². The molecule has 1 heterocycles. The lowest BCUT2D eigenvalue weighted by atomic mass is 10.1. The van der Waals surface area contributed by atoms with Crippen LogP contribution in [0.2, 0.25) is 0 Å². The fraction of sp³-hybridized carbons (Fsp3) is 0.769. The largest absolute Gasteiger partial charge is 0.317 e. The highest BCUT2D eigenvalue weighted by Gasteiger charge is 2.11. The molecule has 0 aliphatic rings. The van der Waals surface area contributed by atoms with Crippen LogP contribution >= 0.6 is 0 Å². The lowest BCUT2D eigenvalue weighted by Gasteiger charge is -2.13. The van der Waals surface area contributed by atoms with E-state index in [1.807, 2.05) is 0 Å². The van der Waals surface area contributed by atoms with E-state index in [0.29, 0.717) is 5.92 Å². The van der Waals surface area contributed by atoms with Crippen molar-refractivity contribution in [2.75, 3.05) is 13.1 Å². The highest BCUT2D eigenvalue weighted by molar-refractivity contribution is 5.24. The fourth-order valence-corrected chi connectivity index (χ4v) is 2.17. The molecule has 1 rings (SSSR count). The third kappa shape index (κ3) is 3.08. The SMILES string of the molecule is CCNCC(C)Cn1nc(C)c(CC)c1C. The van der Waals surface area contributed by atoms with Gasteiger partial charge in [0.15, 0.2) is 0 Å². The molecule has 1 aromatic rings. The second-order valence-electron chi connectivity index (χ2n) is 4.60. The van der Waals surface area contributed by atoms with Crippen molar-refractivity contribution in [1.29, 1.82) is 0 Å². The van der Waals surface area contributed by atoms with E-state index in [9.17, 15) is 0 Å². The predicted octanol–water partition coefficient (Wildman–Crippen LogP) is 2.31. The average molecular weight is 223 g/mol. The molecular formula is C13H25N3. The summed E-state index contributed by atoms with van der Waals surface area (Å²) in [6.07, 6.45) is 1.08. The van der Waals surface area contributed by atoms with Crippen molar-refractivity contribution in [2.45, 2.75) is 47.6 Å². The highest BCUT2D eigenvalue weighted by Crippen LogP contribution is 2.14. The second kappa shape index (κ2) is 6.04. The molecule has 0 saturated carbocycles. The number of hydrogen-bond donors (Lipinski definition) is 1. The van der Waals surface area contributed by atoms with Gasteiger partial charge < -0.3 is 5.32 Å². The molecule has 1 atom stereocenters. The Morgan fingerprint density at radius 1 is 1.31 bits per heavy atom. The van der Waals surface area contributed by atoms with Gasteiger partial charge in [0, 0.05) is 12.2 Å². The first-order valence-corrected chi connectivity index (χ1v) is 6.33. The number of aromatic nitrogens is 2. The molecule has 1 N–H and O–H groups in total. The Morgan fingerprint density at radius 3 is 2.50 bits per heavy atom. The summed E-state index contributed by atoms with van der Waals surface area (Å²) in [7, 11) is 0. The third-order valence-electron chi connectivity index (χ3n) is 3.11. The summed E-state index contributed by atoms with van der Waals surface area (Å²) < 4.78 is 2.16. The zero-order valence-electron chi connectivity index (χ0n) is 11.3.